The lowest BCUT2D eigenvalue weighted by molar-refractivity contribution is 0.233. The molecule has 2 heterocycles. The number of rotatable bonds is 4. The van der Waals surface area contributed by atoms with E-state index in [0.29, 0.717) is 6.04 Å². The Morgan fingerprint density at radius 1 is 1.25 bits per heavy atom. The summed E-state index contributed by atoms with van der Waals surface area (Å²) in [4.78, 5) is 14.0. The second-order valence-electron chi connectivity index (χ2n) is 5.77. The molecule has 1 N–H and O–H groups in total. The minimum absolute atomic E-state index is 0.561. The highest BCUT2D eigenvalue weighted by molar-refractivity contribution is 5.59. The van der Waals surface area contributed by atoms with Crippen LogP contribution in [0.5, 0.6) is 0 Å². The Kier molecular flexibility index (Phi) is 4.81. The average molecular weight is 277 g/mol. The Hall–Kier alpha value is -1.36. The number of hydrogen-bond acceptors (Lipinski definition) is 5. The van der Waals surface area contributed by atoms with Crippen LogP contribution >= 0.6 is 0 Å². The van der Waals surface area contributed by atoms with Gasteiger partial charge in [0, 0.05) is 37.8 Å². The van der Waals surface area contributed by atoms with Crippen molar-refractivity contribution in [1.82, 2.24) is 14.9 Å². The van der Waals surface area contributed by atoms with Crippen LogP contribution in [0.15, 0.2) is 0 Å². The molecule has 5 nitrogen and oxygen atoms in total. The first-order valence-corrected chi connectivity index (χ1v) is 7.57. The molecular formula is C15H27N5. The summed E-state index contributed by atoms with van der Waals surface area (Å²) in [5.74, 6) is 2.92. The van der Waals surface area contributed by atoms with Gasteiger partial charge in [-0.05, 0) is 34.2 Å². The topological polar surface area (TPSA) is 44.3 Å². The predicted molar refractivity (Wildman–Crippen MR) is 84.6 cm³/mol. The van der Waals surface area contributed by atoms with Gasteiger partial charge in [-0.3, -0.25) is 0 Å². The van der Waals surface area contributed by atoms with E-state index in [1.807, 2.05) is 6.92 Å². The summed E-state index contributed by atoms with van der Waals surface area (Å²) in [7, 11) is 2.19. The lowest BCUT2D eigenvalue weighted by atomic mass is 10.2. The third-order valence-electron chi connectivity index (χ3n) is 4.03. The molecule has 0 amide bonds. The molecule has 0 saturated carbocycles. The highest BCUT2D eigenvalue weighted by Crippen LogP contribution is 2.25. The molecule has 2 rings (SSSR count). The first kappa shape index (κ1) is 15.0. The van der Waals surface area contributed by atoms with E-state index in [1.54, 1.807) is 0 Å². The Balaban J connectivity index is 2.24. The Bertz CT molecular complexity index is 460. The number of anilines is 2. The largest absolute Gasteiger partial charge is 0.370 e. The van der Waals surface area contributed by atoms with Crippen LogP contribution < -0.4 is 10.2 Å². The van der Waals surface area contributed by atoms with Gasteiger partial charge in [0.15, 0.2) is 0 Å². The molecule has 1 saturated heterocycles. The minimum Gasteiger partial charge on any atom is -0.370 e. The van der Waals surface area contributed by atoms with Crippen molar-refractivity contribution in [2.24, 2.45) is 0 Å². The predicted octanol–water partition coefficient (Wildman–Crippen LogP) is 2.06. The van der Waals surface area contributed by atoms with Crippen molar-refractivity contribution in [3.8, 4) is 0 Å². The van der Waals surface area contributed by atoms with Gasteiger partial charge in [0.1, 0.15) is 17.5 Å². The molecule has 0 bridgehead atoms. The molecule has 0 aliphatic carbocycles. The van der Waals surface area contributed by atoms with Crippen LogP contribution in [-0.2, 0) is 0 Å². The molecule has 1 atom stereocenters. The Morgan fingerprint density at radius 3 is 2.65 bits per heavy atom. The quantitative estimate of drug-likeness (QED) is 0.912. The van der Waals surface area contributed by atoms with Crippen LogP contribution in [0, 0.1) is 13.8 Å². The van der Waals surface area contributed by atoms with Gasteiger partial charge >= 0.3 is 0 Å². The van der Waals surface area contributed by atoms with Crippen molar-refractivity contribution in [3.63, 3.8) is 0 Å². The molecule has 112 valence electrons. The SMILES string of the molecule is CCCNc1nc(C)nc(N2CCN(C)C(C)C2)c1C. The monoisotopic (exact) mass is 277 g/mol. The standard InChI is InChI=1S/C15H27N5/c1-6-7-16-14-12(3)15(18-13(4)17-14)20-9-8-19(5)11(2)10-20/h11H,6-10H2,1-5H3,(H,16,17,18). The normalized spacial score (nSPS) is 20.2. The third kappa shape index (κ3) is 3.20. The summed E-state index contributed by atoms with van der Waals surface area (Å²) >= 11 is 0. The van der Waals surface area contributed by atoms with E-state index >= 15 is 0 Å². The van der Waals surface area contributed by atoms with Crippen molar-refractivity contribution in [2.45, 2.75) is 40.2 Å². The molecule has 1 aromatic heterocycles. The summed E-state index contributed by atoms with van der Waals surface area (Å²) in [6, 6.07) is 0.561. The maximum atomic E-state index is 4.68. The molecule has 1 unspecified atom stereocenters. The van der Waals surface area contributed by atoms with Crippen LogP contribution in [-0.4, -0.2) is 54.1 Å². The number of aromatic nitrogens is 2. The van der Waals surface area contributed by atoms with Gasteiger partial charge in [-0.15, -0.1) is 0 Å². The molecule has 1 fully saturated rings. The zero-order valence-electron chi connectivity index (χ0n) is 13.4. The van der Waals surface area contributed by atoms with Crippen molar-refractivity contribution in [1.29, 1.82) is 0 Å². The molecule has 0 radical (unpaired) electrons. The maximum absolute atomic E-state index is 4.68. The number of likely N-dealkylation sites (N-methyl/N-ethyl adjacent to an activating group) is 1. The lowest BCUT2D eigenvalue weighted by Crippen LogP contribution is -2.50. The van der Waals surface area contributed by atoms with Gasteiger partial charge in [0.2, 0.25) is 0 Å². The van der Waals surface area contributed by atoms with Crippen LogP contribution in [0.1, 0.15) is 31.7 Å². The van der Waals surface area contributed by atoms with Crippen molar-refractivity contribution < 1.29 is 0 Å². The third-order valence-corrected chi connectivity index (χ3v) is 4.03. The van der Waals surface area contributed by atoms with Crippen molar-refractivity contribution in [2.75, 3.05) is 43.4 Å². The Labute approximate surface area is 122 Å². The smallest absolute Gasteiger partial charge is 0.137 e. The van der Waals surface area contributed by atoms with Crippen molar-refractivity contribution >= 4 is 11.6 Å². The molecule has 1 aromatic rings. The average Bonchev–Trinajstić information content (AvgIpc) is 2.42. The van der Waals surface area contributed by atoms with Gasteiger partial charge in [-0.2, -0.15) is 0 Å². The minimum atomic E-state index is 0.561. The number of aryl methyl sites for hydroxylation is 1. The molecule has 1 aliphatic heterocycles. The summed E-state index contributed by atoms with van der Waals surface area (Å²) in [5.41, 5.74) is 1.17. The highest BCUT2D eigenvalue weighted by Gasteiger charge is 2.24. The second kappa shape index (κ2) is 6.39. The van der Waals surface area contributed by atoms with Crippen LogP contribution in [0.25, 0.3) is 0 Å². The van der Waals surface area contributed by atoms with Gasteiger partial charge in [-0.25, -0.2) is 9.97 Å². The van der Waals surface area contributed by atoms with E-state index in [4.69, 9.17) is 0 Å². The van der Waals surface area contributed by atoms with Gasteiger partial charge in [0.05, 0.1) is 0 Å². The van der Waals surface area contributed by atoms with Gasteiger partial charge < -0.3 is 15.1 Å². The molecular weight excluding hydrogens is 250 g/mol. The van der Waals surface area contributed by atoms with Crippen molar-refractivity contribution in [3.05, 3.63) is 11.4 Å². The number of piperazine rings is 1. The molecule has 0 aromatic carbocycles. The summed E-state index contributed by atoms with van der Waals surface area (Å²) in [6.45, 7) is 12.6. The van der Waals surface area contributed by atoms with Crippen LogP contribution in [0.4, 0.5) is 11.6 Å². The lowest BCUT2D eigenvalue weighted by Gasteiger charge is -2.39. The fourth-order valence-electron chi connectivity index (χ4n) is 2.58. The first-order chi connectivity index (χ1) is 9.52. The number of nitrogens with zero attached hydrogens (tertiary/aromatic N) is 4. The fraction of sp³-hybridized carbons (Fsp3) is 0.733. The Morgan fingerprint density at radius 2 is 2.00 bits per heavy atom. The number of hydrogen-bond donors (Lipinski definition) is 1. The molecule has 5 heteroatoms. The van der Waals surface area contributed by atoms with Crippen LogP contribution in [0.3, 0.4) is 0 Å². The fourth-order valence-corrected chi connectivity index (χ4v) is 2.58. The zero-order valence-corrected chi connectivity index (χ0v) is 13.4. The first-order valence-electron chi connectivity index (χ1n) is 7.57. The number of nitrogens with one attached hydrogen (secondary N) is 1. The van der Waals surface area contributed by atoms with E-state index < -0.39 is 0 Å². The molecule has 0 spiro atoms. The van der Waals surface area contributed by atoms with E-state index in [0.717, 1.165) is 50.1 Å². The van der Waals surface area contributed by atoms with E-state index in [1.165, 1.54) is 5.56 Å². The molecule has 1 aliphatic rings. The maximum Gasteiger partial charge on any atom is 0.137 e. The van der Waals surface area contributed by atoms with E-state index in [9.17, 15) is 0 Å². The van der Waals surface area contributed by atoms with Gasteiger partial charge in [-0.1, -0.05) is 6.92 Å². The van der Waals surface area contributed by atoms with E-state index in [-0.39, 0.29) is 0 Å². The molecule has 20 heavy (non-hydrogen) atoms. The van der Waals surface area contributed by atoms with Crippen LogP contribution in [0.2, 0.25) is 0 Å². The summed E-state index contributed by atoms with van der Waals surface area (Å²) in [5, 5.41) is 3.41. The van der Waals surface area contributed by atoms with Gasteiger partial charge in [0.25, 0.3) is 0 Å². The summed E-state index contributed by atoms with van der Waals surface area (Å²) in [6.07, 6.45) is 1.10. The zero-order chi connectivity index (χ0) is 14.7. The summed E-state index contributed by atoms with van der Waals surface area (Å²) < 4.78 is 0. The van der Waals surface area contributed by atoms with E-state index in [2.05, 4.69) is 52.9 Å². The highest BCUT2D eigenvalue weighted by atomic mass is 15.3. The second-order valence-corrected chi connectivity index (χ2v) is 5.77.